The van der Waals surface area contributed by atoms with Crippen molar-refractivity contribution in [1.29, 1.82) is 0 Å². The largest absolute Gasteiger partial charge is 0.477 e. The molecular weight excluding hydrogens is 902 g/mol. The molecule has 3 saturated heterocycles. The monoisotopic (exact) mass is 982 g/mol. The summed E-state index contributed by atoms with van der Waals surface area (Å²) in [7, 11) is 3.31. The standard InChI is InChI=1S/C51H80FN9O9/c1-48(2)27-32(28-49(3,4)60(48)69-9)43(63)54-19-13-11-15-38(53)45(65)56-39(16-12-14-20-55-44(64)33-29-50(5,6)61(70-10)51(7,8)30-33)46(66)58-23-21-57(22-24-58)41-26-40-35(25-37(41)52)42(62)36(47(67)68)31-59(40)34-17-18-34/h25-26,31-34,38-39H,11-24,27-30,53H2,1-10H3,(H,54,63)(H,55,64)(H,56,65)(H,67,68)/t38-,39-/m0/s1. The number of anilines is 1. The molecule has 6 rings (SSSR count). The molecule has 4 heterocycles. The number of aromatic carboxylic acids is 1. The summed E-state index contributed by atoms with van der Waals surface area (Å²) < 4.78 is 17.6. The minimum Gasteiger partial charge on any atom is -0.477 e. The number of hydrogen-bond donors (Lipinski definition) is 5. The van der Waals surface area contributed by atoms with E-state index in [4.69, 9.17) is 15.4 Å². The number of rotatable bonds is 20. The number of pyridine rings is 1. The van der Waals surface area contributed by atoms with Gasteiger partial charge in [-0.2, -0.15) is 10.1 Å². The summed E-state index contributed by atoms with van der Waals surface area (Å²) in [6.45, 7) is 18.4. The Morgan fingerprint density at radius 2 is 1.24 bits per heavy atom. The number of piperidine rings is 2. The van der Waals surface area contributed by atoms with Crippen molar-refractivity contribution in [3.8, 4) is 0 Å². The molecule has 4 fully saturated rings. The number of hydrogen-bond acceptors (Lipinski definition) is 12. The second kappa shape index (κ2) is 22.0. The molecule has 6 N–H and O–H groups in total. The van der Waals surface area contributed by atoms with Gasteiger partial charge < -0.3 is 50.8 Å². The summed E-state index contributed by atoms with van der Waals surface area (Å²) in [6, 6.07) is 0.947. The molecule has 1 aromatic carbocycles. The third kappa shape index (κ3) is 12.5. The van der Waals surface area contributed by atoms with Gasteiger partial charge in [-0.15, -0.1) is 0 Å². The smallest absolute Gasteiger partial charge is 0.341 e. The summed E-state index contributed by atoms with van der Waals surface area (Å²) >= 11 is 0. The molecule has 3 aliphatic heterocycles. The van der Waals surface area contributed by atoms with E-state index in [1.54, 1.807) is 29.8 Å². The fourth-order valence-corrected chi connectivity index (χ4v) is 12.0. The number of benzene rings is 1. The van der Waals surface area contributed by atoms with Crippen molar-refractivity contribution in [1.82, 2.24) is 35.5 Å². The highest BCUT2D eigenvalue weighted by atomic mass is 19.1. The Bertz CT molecular complexity index is 2270. The molecule has 390 valence electrons. The molecule has 19 heteroatoms. The highest BCUT2D eigenvalue weighted by molar-refractivity contribution is 5.94. The van der Waals surface area contributed by atoms with Crippen LogP contribution in [0.5, 0.6) is 0 Å². The maximum atomic E-state index is 15.8. The van der Waals surface area contributed by atoms with Crippen molar-refractivity contribution in [3.05, 3.63) is 39.9 Å². The number of nitrogens with one attached hydrogen (secondary N) is 3. The Kier molecular flexibility index (Phi) is 17.2. The Hall–Kier alpha value is -4.69. The van der Waals surface area contributed by atoms with Gasteiger partial charge >= 0.3 is 5.97 Å². The van der Waals surface area contributed by atoms with Gasteiger partial charge in [-0.3, -0.25) is 24.0 Å². The number of halogens is 1. The molecule has 1 aliphatic carbocycles. The van der Waals surface area contributed by atoms with E-state index in [2.05, 4.69) is 71.3 Å². The van der Waals surface area contributed by atoms with Crippen LogP contribution in [0.15, 0.2) is 23.1 Å². The number of hydroxylamine groups is 4. The first-order valence-corrected chi connectivity index (χ1v) is 25.3. The lowest BCUT2D eigenvalue weighted by Crippen LogP contribution is -2.61. The number of carboxylic acids is 1. The summed E-state index contributed by atoms with van der Waals surface area (Å²) in [5.74, 6) is -3.15. The molecule has 0 bridgehead atoms. The maximum Gasteiger partial charge on any atom is 0.341 e. The van der Waals surface area contributed by atoms with Gasteiger partial charge in [0.25, 0.3) is 0 Å². The van der Waals surface area contributed by atoms with Gasteiger partial charge in [0, 0.05) is 90.9 Å². The highest BCUT2D eigenvalue weighted by Crippen LogP contribution is 2.43. The fraction of sp³-hybridized carbons (Fsp3) is 0.725. The predicted molar refractivity (Wildman–Crippen MR) is 265 cm³/mol. The van der Waals surface area contributed by atoms with E-state index in [-0.39, 0.29) is 95.0 Å². The first-order chi connectivity index (χ1) is 32.8. The first kappa shape index (κ1) is 54.6. The predicted octanol–water partition coefficient (Wildman–Crippen LogP) is 4.87. The van der Waals surface area contributed by atoms with Crippen LogP contribution in [0.3, 0.4) is 0 Å². The summed E-state index contributed by atoms with van der Waals surface area (Å²) in [4.78, 5) is 94.5. The molecular formula is C51H80FN9O9. The van der Waals surface area contributed by atoms with Crippen LogP contribution >= 0.6 is 0 Å². The van der Waals surface area contributed by atoms with Crippen molar-refractivity contribution in [2.24, 2.45) is 17.6 Å². The van der Waals surface area contributed by atoms with E-state index in [0.29, 0.717) is 82.8 Å². The van der Waals surface area contributed by atoms with Crippen LogP contribution in [0, 0.1) is 17.7 Å². The van der Waals surface area contributed by atoms with Crippen LogP contribution in [0.1, 0.15) is 149 Å². The van der Waals surface area contributed by atoms with Gasteiger partial charge in [-0.1, -0.05) is 0 Å². The number of fused-ring (bicyclic) bond motifs is 1. The van der Waals surface area contributed by atoms with Gasteiger partial charge in [0.05, 0.1) is 31.5 Å². The zero-order valence-electron chi connectivity index (χ0n) is 43.3. The minimum absolute atomic E-state index is 0.000897. The van der Waals surface area contributed by atoms with Crippen molar-refractivity contribution >= 4 is 46.2 Å². The number of carbonyl (C=O) groups excluding carboxylic acids is 4. The van der Waals surface area contributed by atoms with Crippen molar-refractivity contribution in [2.45, 2.75) is 173 Å². The third-order valence-electron chi connectivity index (χ3n) is 14.9. The highest BCUT2D eigenvalue weighted by Gasteiger charge is 2.49. The van der Waals surface area contributed by atoms with Gasteiger partial charge in [0.1, 0.15) is 17.4 Å². The van der Waals surface area contributed by atoms with E-state index in [0.717, 1.165) is 18.9 Å². The summed E-state index contributed by atoms with van der Waals surface area (Å²) in [6.07, 6.45) is 8.52. The zero-order valence-corrected chi connectivity index (χ0v) is 43.3. The van der Waals surface area contributed by atoms with Crippen LogP contribution in [0.2, 0.25) is 0 Å². The number of piperazine rings is 1. The van der Waals surface area contributed by atoms with Gasteiger partial charge in [0.2, 0.25) is 29.1 Å². The number of unbranched alkanes of at least 4 members (excludes halogenated alkanes) is 2. The quantitative estimate of drug-likeness (QED) is 0.112. The lowest BCUT2D eigenvalue weighted by atomic mass is 9.75. The van der Waals surface area contributed by atoms with Crippen LogP contribution in [0.4, 0.5) is 10.1 Å². The molecule has 4 amide bonds. The van der Waals surface area contributed by atoms with Gasteiger partial charge in [-0.25, -0.2) is 9.18 Å². The second-order valence-corrected chi connectivity index (χ2v) is 22.6. The lowest BCUT2D eigenvalue weighted by molar-refractivity contribution is -0.270. The molecule has 0 spiro atoms. The number of carboxylic acid groups (broad SMARTS) is 1. The van der Waals surface area contributed by atoms with Gasteiger partial charge in [-0.05, 0) is 145 Å². The van der Waals surface area contributed by atoms with Crippen LogP contribution in [-0.4, -0.2) is 142 Å². The van der Waals surface area contributed by atoms with Crippen molar-refractivity contribution in [2.75, 3.05) is 58.4 Å². The molecule has 18 nitrogen and oxygen atoms in total. The number of carbonyl (C=O) groups is 5. The van der Waals surface area contributed by atoms with Crippen molar-refractivity contribution < 1.29 is 43.1 Å². The molecule has 1 aromatic heterocycles. The summed E-state index contributed by atoms with van der Waals surface area (Å²) in [5.41, 5.74) is 4.68. The molecule has 2 aromatic rings. The Balaban J connectivity index is 1.05. The number of nitrogens with zero attached hydrogens (tertiary/aromatic N) is 5. The molecule has 0 unspecified atom stereocenters. The number of aromatic nitrogens is 1. The van der Waals surface area contributed by atoms with E-state index < -0.39 is 40.8 Å². The lowest BCUT2D eigenvalue weighted by Gasteiger charge is -2.52. The minimum atomic E-state index is -1.36. The first-order valence-electron chi connectivity index (χ1n) is 25.3. The molecule has 0 radical (unpaired) electrons. The topological polar surface area (TPSA) is 221 Å². The average molecular weight is 982 g/mol. The third-order valence-corrected chi connectivity index (χ3v) is 14.9. The summed E-state index contributed by atoms with van der Waals surface area (Å²) in [5, 5.41) is 22.7. The zero-order chi connectivity index (χ0) is 51.5. The Morgan fingerprint density at radius 1 is 0.757 bits per heavy atom. The van der Waals surface area contributed by atoms with E-state index >= 15 is 4.39 Å². The van der Waals surface area contributed by atoms with Crippen molar-refractivity contribution in [3.63, 3.8) is 0 Å². The van der Waals surface area contributed by atoms with Crippen LogP contribution in [0.25, 0.3) is 10.9 Å². The maximum absolute atomic E-state index is 15.8. The number of nitrogens with two attached hydrogens (primary N) is 1. The second-order valence-electron chi connectivity index (χ2n) is 22.6. The van der Waals surface area contributed by atoms with E-state index in [9.17, 15) is 33.9 Å². The SMILES string of the molecule is CON1C(C)(C)CC(C(=O)NCCCC[C@H](NC(=O)[C@@H](N)CCCCNC(=O)C2CC(C)(C)N(OC)C(C)(C)C2)C(=O)N2CCN(c3cc4c(cc3F)c(=O)c(C(=O)O)cn4C3CC3)CC2)CC1(C)C. The Labute approximate surface area is 412 Å². The van der Waals surface area contributed by atoms with Gasteiger partial charge in [0.15, 0.2) is 0 Å². The molecule has 70 heavy (non-hydrogen) atoms. The van der Waals surface area contributed by atoms with Crippen LogP contribution < -0.4 is 32.0 Å². The van der Waals surface area contributed by atoms with Crippen LogP contribution in [-0.2, 0) is 28.9 Å². The van der Waals surface area contributed by atoms with E-state index in [1.165, 1.54) is 6.20 Å². The Morgan fingerprint density at radius 3 is 1.70 bits per heavy atom. The fourth-order valence-electron chi connectivity index (χ4n) is 12.0. The molecule has 4 aliphatic rings. The number of amides is 4. The molecule has 1 saturated carbocycles. The average Bonchev–Trinajstić information content (AvgIpc) is 4.12. The molecule has 2 atom stereocenters. The normalized spacial score (nSPS) is 21.5. The van der Waals surface area contributed by atoms with E-state index in [1.807, 2.05) is 15.0 Å².